The van der Waals surface area contributed by atoms with E-state index < -0.39 is 0 Å². The van der Waals surface area contributed by atoms with Crippen molar-refractivity contribution < 1.29 is 0 Å². The number of nitrogens with zero attached hydrogens (tertiary/aromatic N) is 5. The highest BCUT2D eigenvalue weighted by Gasteiger charge is 2.34. The molecule has 3 heterocycles. The van der Waals surface area contributed by atoms with Gasteiger partial charge in [0.15, 0.2) is 0 Å². The summed E-state index contributed by atoms with van der Waals surface area (Å²) in [5, 5.41) is 22.1. The first-order valence-electron chi connectivity index (χ1n) is 9.46. The molecule has 2 aromatic heterocycles. The van der Waals surface area contributed by atoms with Gasteiger partial charge in [-0.3, -0.25) is 4.79 Å². The van der Waals surface area contributed by atoms with Gasteiger partial charge >= 0.3 is 0 Å². The number of anilines is 2. The monoisotopic (exact) mass is 385 g/mol. The number of benzene rings is 2. The molecule has 0 aliphatic carbocycles. The lowest BCUT2D eigenvalue weighted by atomic mass is 9.91. The van der Waals surface area contributed by atoms with Crippen molar-refractivity contribution in [3.8, 4) is 11.3 Å². The third-order valence-electron chi connectivity index (χ3n) is 5.23. The Hall–Kier alpha value is -3.81. The summed E-state index contributed by atoms with van der Waals surface area (Å²) >= 11 is 0. The minimum absolute atomic E-state index is 0.308. The molecule has 5 rings (SSSR count). The average Bonchev–Trinajstić information content (AvgIpc) is 3.22. The van der Waals surface area contributed by atoms with Gasteiger partial charge in [0.25, 0.3) is 5.56 Å². The molecular formula is C21H19N7O. The molecule has 0 spiro atoms. The summed E-state index contributed by atoms with van der Waals surface area (Å²) in [6.07, 6.45) is 0. The molecule has 0 bridgehead atoms. The van der Waals surface area contributed by atoms with Crippen LogP contribution in [0.25, 0.3) is 11.3 Å². The molecule has 2 aromatic carbocycles. The Labute approximate surface area is 166 Å². The number of fused-ring (bicyclic) bond motifs is 2. The number of hydrogen-bond acceptors (Lipinski definition) is 6. The van der Waals surface area contributed by atoms with Crippen LogP contribution in [-0.4, -0.2) is 30.4 Å². The lowest BCUT2D eigenvalue weighted by molar-refractivity contribution is 0.567. The van der Waals surface area contributed by atoms with Crippen molar-refractivity contribution in [3.05, 3.63) is 81.6 Å². The van der Waals surface area contributed by atoms with Gasteiger partial charge in [-0.15, -0.1) is 0 Å². The van der Waals surface area contributed by atoms with Crippen molar-refractivity contribution in [1.82, 2.24) is 30.4 Å². The van der Waals surface area contributed by atoms with Crippen molar-refractivity contribution in [1.29, 1.82) is 0 Å². The summed E-state index contributed by atoms with van der Waals surface area (Å²) in [7, 11) is 0. The second-order valence-electron chi connectivity index (χ2n) is 7.35. The quantitative estimate of drug-likeness (QED) is 0.494. The van der Waals surface area contributed by atoms with Crippen molar-refractivity contribution >= 4 is 11.6 Å². The number of aromatic nitrogens is 6. The lowest BCUT2D eigenvalue weighted by Crippen LogP contribution is -2.29. The van der Waals surface area contributed by atoms with Gasteiger partial charge in [-0.1, -0.05) is 73.5 Å². The maximum absolute atomic E-state index is 12.6. The molecule has 8 heteroatoms. The van der Waals surface area contributed by atoms with E-state index in [-0.39, 0.29) is 11.6 Å². The zero-order chi connectivity index (χ0) is 20.0. The molecule has 0 amide bonds. The van der Waals surface area contributed by atoms with Crippen LogP contribution in [0.2, 0.25) is 0 Å². The summed E-state index contributed by atoms with van der Waals surface area (Å²) in [6, 6.07) is 17.7. The van der Waals surface area contributed by atoms with Gasteiger partial charge < -0.3 is 5.32 Å². The topological polar surface area (TPSA) is 101 Å². The maximum atomic E-state index is 12.6. The molecule has 0 saturated heterocycles. The van der Waals surface area contributed by atoms with Crippen molar-refractivity contribution in [2.24, 2.45) is 0 Å². The van der Waals surface area contributed by atoms with E-state index in [0.717, 1.165) is 16.7 Å². The van der Waals surface area contributed by atoms with Crippen molar-refractivity contribution in [2.45, 2.75) is 25.8 Å². The number of nitrogens with one attached hydrogen (secondary N) is 2. The first kappa shape index (κ1) is 17.3. The molecule has 1 atom stereocenters. The summed E-state index contributed by atoms with van der Waals surface area (Å²) < 4.78 is 1.69. The fourth-order valence-electron chi connectivity index (χ4n) is 3.72. The van der Waals surface area contributed by atoms with Crippen LogP contribution in [0.3, 0.4) is 0 Å². The van der Waals surface area contributed by atoms with E-state index in [1.807, 2.05) is 30.3 Å². The highest BCUT2D eigenvalue weighted by molar-refractivity contribution is 5.75. The summed E-state index contributed by atoms with van der Waals surface area (Å²) in [5.74, 6) is 0.850. The molecule has 1 aliphatic rings. The van der Waals surface area contributed by atoms with Crippen LogP contribution >= 0.6 is 0 Å². The van der Waals surface area contributed by atoms with Crippen LogP contribution in [0.15, 0.2) is 59.4 Å². The standard InChI is InChI=1S/C21H19N7O/c1-12(2)13-8-10-15(11-9-13)19-16-17(14-6-4-3-5-7-14)23-24-20(29)18(16)22-21-25-26-27-28(19)21/h3-12,19H,1-2H3,(H,24,29)(H,22,25,27)/t19-/m0/s1. The Morgan fingerprint density at radius 2 is 1.79 bits per heavy atom. The first-order chi connectivity index (χ1) is 14.1. The number of hydrogen-bond donors (Lipinski definition) is 2. The van der Waals surface area contributed by atoms with E-state index in [9.17, 15) is 4.79 Å². The molecule has 0 saturated carbocycles. The molecule has 8 nitrogen and oxygen atoms in total. The molecular weight excluding hydrogens is 366 g/mol. The largest absolute Gasteiger partial charge is 0.318 e. The van der Waals surface area contributed by atoms with Gasteiger partial charge in [0.1, 0.15) is 11.7 Å². The SMILES string of the molecule is CC(C)c1ccc([C@H]2c3c(-c4ccccc4)n[nH]c(=O)c3Nc3nnnn32)cc1. The summed E-state index contributed by atoms with van der Waals surface area (Å²) in [6.45, 7) is 4.32. The van der Waals surface area contributed by atoms with Gasteiger partial charge in [0, 0.05) is 11.1 Å². The van der Waals surface area contributed by atoms with Crippen LogP contribution < -0.4 is 10.9 Å². The van der Waals surface area contributed by atoms with E-state index in [1.165, 1.54) is 5.56 Å². The Morgan fingerprint density at radius 1 is 1.03 bits per heavy atom. The van der Waals surface area contributed by atoms with E-state index >= 15 is 0 Å². The molecule has 0 unspecified atom stereocenters. The Kier molecular flexibility index (Phi) is 3.97. The zero-order valence-corrected chi connectivity index (χ0v) is 16.0. The fourth-order valence-corrected chi connectivity index (χ4v) is 3.72. The molecule has 0 fully saturated rings. The smallest absolute Gasteiger partial charge is 0.288 e. The van der Waals surface area contributed by atoms with Gasteiger partial charge in [-0.25, -0.2) is 5.10 Å². The van der Waals surface area contributed by atoms with Gasteiger partial charge in [-0.05, 0) is 27.5 Å². The molecule has 1 aliphatic heterocycles. The molecule has 144 valence electrons. The van der Waals surface area contributed by atoms with Crippen LogP contribution in [-0.2, 0) is 0 Å². The molecule has 0 radical (unpaired) electrons. The lowest BCUT2D eigenvalue weighted by Gasteiger charge is -2.28. The van der Waals surface area contributed by atoms with Gasteiger partial charge in [-0.2, -0.15) is 9.78 Å². The zero-order valence-electron chi connectivity index (χ0n) is 16.0. The average molecular weight is 385 g/mol. The van der Waals surface area contributed by atoms with Crippen LogP contribution in [0.1, 0.15) is 42.5 Å². The minimum atomic E-state index is -0.373. The molecule has 29 heavy (non-hydrogen) atoms. The third-order valence-corrected chi connectivity index (χ3v) is 5.23. The van der Waals surface area contributed by atoms with Crippen molar-refractivity contribution in [3.63, 3.8) is 0 Å². The highest BCUT2D eigenvalue weighted by atomic mass is 16.1. The van der Waals surface area contributed by atoms with Crippen LogP contribution in [0.4, 0.5) is 11.6 Å². The van der Waals surface area contributed by atoms with E-state index in [4.69, 9.17) is 0 Å². The van der Waals surface area contributed by atoms with Crippen molar-refractivity contribution in [2.75, 3.05) is 5.32 Å². The predicted octanol–water partition coefficient (Wildman–Crippen LogP) is 3.24. The maximum Gasteiger partial charge on any atom is 0.288 e. The van der Waals surface area contributed by atoms with E-state index in [0.29, 0.717) is 23.2 Å². The summed E-state index contributed by atoms with van der Waals surface area (Å²) in [5.41, 5.74) is 4.67. The van der Waals surface area contributed by atoms with Gasteiger partial charge in [0.05, 0.1) is 5.69 Å². The predicted molar refractivity (Wildman–Crippen MR) is 109 cm³/mol. The molecule has 2 N–H and O–H groups in total. The van der Waals surface area contributed by atoms with Crippen LogP contribution in [0.5, 0.6) is 0 Å². The second-order valence-corrected chi connectivity index (χ2v) is 7.35. The van der Waals surface area contributed by atoms with E-state index in [2.05, 4.69) is 69.2 Å². The Bertz CT molecular complexity index is 1230. The Morgan fingerprint density at radius 3 is 2.52 bits per heavy atom. The minimum Gasteiger partial charge on any atom is -0.318 e. The Balaban J connectivity index is 1.77. The number of rotatable bonds is 3. The summed E-state index contributed by atoms with van der Waals surface area (Å²) in [4.78, 5) is 12.6. The molecule has 4 aromatic rings. The van der Waals surface area contributed by atoms with Crippen LogP contribution in [0, 0.1) is 0 Å². The number of aromatic amines is 1. The number of tetrazole rings is 1. The first-order valence-corrected chi connectivity index (χ1v) is 9.46. The highest BCUT2D eigenvalue weighted by Crippen LogP contribution is 2.41. The normalized spacial score (nSPS) is 14.9. The fraction of sp³-hybridized carbons (Fsp3) is 0.190. The third kappa shape index (κ3) is 2.80. The van der Waals surface area contributed by atoms with E-state index in [1.54, 1.807) is 4.68 Å². The second kappa shape index (κ2) is 6.66. The number of H-pyrrole nitrogens is 1. The van der Waals surface area contributed by atoms with Gasteiger partial charge in [0.2, 0.25) is 5.95 Å².